The van der Waals surface area contributed by atoms with Gasteiger partial charge in [-0.1, -0.05) is 0 Å². The number of benzene rings is 1. The number of hydrogen-bond acceptors (Lipinski definition) is 9. The summed E-state index contributed by atoms with van der Waals surface area (Å²) in [6, 6.07) is 4.40. The van der Waals surface area contributed by atoms with Gasteiger partial charge in [0.15, 0.2) is 18.7 Å². The highest BCUT2D eigenvalue weighted by Gasteiger charge is 2.67. The normalized spacial score (nSPS) is 23.3. The minimum atomic E-state index is -2.46. The lowest BCUT2D eigenvalue weighted by atomic mass is 10.0. The molecule has 37 heavy (non-hydrogen) atoms. The molecule has 2 fully saturated rings. The van der Waals surface area contributed by atoms with Crippen molar-refractivity contribution in [2.75, 3.05) is 26.1 Å². The number of halogens is 2. The molecule has 4 N–H and O–H groups in total. The van der Waals surface area contributed by atoms with E-state index in [9.17, 15) is 28.3 Å². The van der Waals surface area contributed by atoms with Crippen molar-refractivity contribution >= 4 is 24.5 Å². The number of rotatable bonds is 10. The molecule has 2 aliphatic rings. The first-order valence-corrected chi connectivity index (χ1v) is 11.6. The lowest BCUT2D eigenvalue weighted by molar-refractivity contribution is -0.133. The summed E-state index contributed by atoms with van der Waals surface area (Å²) >= 11 is 0. The first kappa shape index (κ1) is 27.8. The zero-order valence-corrected chi connectivity index (χ0v) is 20.7. The van der Waals surface area contributed by atoms with E-state index in [-0.39, 0.29) is 41.3 Å². The van der Waals surface area contributed by atoms with E-state index in [1.54, 1.807) is 13.1 Å². The molecule has 0 spiro atoms. The summed E-state index contributed by atoms with van der Waals surface area (Å²) in [7, 11) is 2.96. The molecule has 3 unspecified atom stereocenters. The zero-order valence-electron chi connectivity index (χ0n) is 20.7. The maximum Gasteiger partial charge on any atom is 0.293 e. The largest absolute Gasteiger partial charge is 0.507 e. The van der Waals surface area contributed by atoms with Crippen molar-refractivity contribution in [3.05, 3.63) is 29.5 Å². The third-order valence-electron chi connectivity index (χ3n) is 6.55. The first-order valence-electron chi connectivity index (χ1n) is 11.6. The van der Waals surface area contributed by atoms with Gasteiger partial charge in [-0.05, 0) is 33.2 Å². The van der Waals surface area contributed by atoms with Crippen molar-refractivity contribution in [2.45, 2.75) is 56.1 Å². The van der Waals surface area contributed by atoms with E-state index in [1.807, 2.05) is 0 Å². The summed E-state index contributed by atoms with van der Waals surface area (Å²) in [6.07, 6.45) is 2.65. The molecule has 11 nitrogen and oxygen atoms in total. The summed E-state index contributed by atoms with van der Waals surface area (Å²) in [5, 5.41) is 21.9. The third kappa shape index (κ3) is 6.73. The molecule has 3 atom stereocenters. The summed E-state index contributed by atoms with van der Waals surface area (Å²) in [6.45, 7) is 1.59. The minimum absolute atomic E-state index is 0.0174. The second-order valence-electron chi connectivity index (χ2n) is 9.05. The molecular formula is C24H30F2N4O7. The predicted molar refractivity (Wildman–Crippen MR) is 127 cm³/mol. The van der Waals surface area contributed by atoms with Gasteiger partial charge in [0.2, 0.25) is 0 Å². The second-order valence-corrected chi connectivity index (χ2v) is 9.05. The van der Waals surface area contributed by atoms with Crippen LogP contribution < -0.4 is 20.1 Å². The Hall–Kier alpha value is -3.74. The van der Waals surface area contributed by atoms with Crippen LogP contribution in [0.2, 0.25) is 0 Å². The number of amides is 1. The first-order chi connectivity index (χ1) is 17.6. The molecule has 1 aromatic heterocycles. The molecule has 1 aromatic carbocycles. The number of H-pyrrole nitrogens is 1. The smallest absolute Gasteiger partial charge is 0.293 e. The van der Waals surface area contributed by atoms with Crippen LogP contribution in [-0.2, 0) is 14.3 Å². The van der Waals surface area contributed by atoms with Crippen LogP contribution in [0.3, 0.4) is 0 Å². The number of aromatic amines is 1. The van der Waals surface area contributed by atoms with E-state index in [4.69, 9.17) is 14.2 Å². The fourth-order valence-corrected chi connectivity index (χ4v) is 3.97. The second kappa shape index (κ2) is 11.5. The molecular weight excluding hydrogens is 494 g/mol. The van der Waals surface area contributed by atoms with Gasteiger partial charge in [0.1, 0.15) is 23.4 Å². The van der Waals surface area contributed by atoms with Crippen molar-refractivity contribution in [3.63, 3.8) is 0 Å². The SMILES string of the molecule is CNC1(C)CC1(F)F.COc1cc(O)c(C=O)c(OCC(=O)Nc2cc(C3CCC(OC=O)C3)[nH]n2)c1. The fourth-order valence-electron chi connectivity index (χ4n) is 3.97. The average Bonchev–Trinajstić information content (AvgIpc) is 3.27. The number of methoxy groups -OCH3 is 1. The van der Waals surface area contributed by atoms with E-state index < -0.39 is 24.0 Å². The van der Waals surface area contributed by atoms with E-state index in [1.165, 1.54) is 26.2 Å². The number of hydrogen-bond donors (Lipinski definition) is 4. The molecule has 1 heterocycles. The lowest BCUT2D eigenvalue weighted by Gasteiger charge is -2.11. The van der Waals surface area contributed by atoms with Gasteiger partial charge in [0.05, 0.1) is 18.2 Å². The van der Waals surface area contributed by atoms with Gasteiger partial charge in [-0.15, -0.1) is 0 Å². The minimum Gasteiger partial charge on any atom is -0.507 e. The van der Waals surface area contributed by atoms with Gasteiger partial charge < -0.3 is 30.0 Å². The molecule has 4 rings (SSSR count). The summed E-state index contributed by atoms with van der Waals surface area (Å²) < 4.78 is 39.6. The van der Waals surface area contributed by atoms with Crippen molar-refractivity contribution in [2.24, 2.45) is 0 Å². The van der Waals surface area contributed by atoms with E-state index in [0.717, 1.165) is 18.5 Å². The molecule has 13 heteroatoms. The van der Waals surface area contributed by atoms with Gasteiger partial charge in [-0.2, -0.15) is 5.10 Å². The Morgan fingerprint density at radius 2 is 2.03 bits per heavy atom. The molecule has 2 aliphatic carbocycles. The van der Waals surface area contributed by atoms with Crippen LogP contribution in [0, 0.1) is 0 Å². The molecule has 0 radical (unpaired) electrons. The highest BCUT2D eigenvalue weighted by atomic mass is 19.3. The monoisotopic (exact) mass is 524 g/mol. The Morgan fingerprint density at radius 1 is 1.30 bits per heavy atom. The topological polar surface area (TPSA) is 152 Å². The molecule has 202 valence electrons. The van der Waals surface area contributed by atoms with Crippen LogP contribution in [0.15, 0.2) is 18.2 Å². The van der Waals surface area contributed by atoms with Crippen molar-refractivity contribution in [1.82, 2.24) is 15.5 Å². The zero-order chi connectivity index (χ0) is 27.2. The highest BCUT2D eigenvalue weighted by molar-refractivity contribution is 5.91. The number of anilines is 1. The molecule has 2 saturated carbocycles. The Morgan fingerprint density at radius 3 is 2.59 bits per heavy atom. The Balaban J connectivity index is 0.000000405. The average molecular weight is 525 g/mol. The molecule has 0 bridgehead atoms. The maximum atomic E-state index is 12.2. The molecule has 2 aromatic rings. The summed E-state index contributed by atoms with van der Waals surface area (Å²) in [5.41, 5.74) is -0.124. The highest BCUT2D eigenvalue weighted by Crippen LogP contribution is 2.51. The van der Waals surface area contributed by atoms with E-state index in [2.05, 4.69) is 20.8 Å². The van der Waals surface area contributed by atoms with Crippen LogP contribution in [0.5, 0.6) is 17.2 Å². The number of aldehydes is 1. The van der Waals surface area contributed by atoms with Crippen LogP contribution in [-0.4, -0.2) is 72.3 Å². The van der Waals surface area contributed by atoms with Crippen molar-refractivity contribution in [3.8, 4) is 17.2 Å². The lowest BCUT2D eigenvalue weighted by Crippen LogP contribution is -2.29. The third-order valence-corrected chi connectivity index (χ3v) is 6.55. The quantitative estimate of drug-likeness (QED) is 0.344. The number of nitrogens with one attached hydrogen (secondary N) is 3. The van der Waals surface area contributed by atoms with Gasteiger partial charge in [0, 0.05) is 36.2 Å². The Labute approximate surface area is 211 Å². The molecule has 1 amide bonds. The predicted octanol–water partition coefficient (Wildman–Crippen LogP) is 2.77. The molecule has 0 saturated heterocycles. The van der Waals surface area contributed by atoms with Gasteiger partial charge in [0.25, 0.3) is 18.3 Å². The number of carbonyl (C=O) groups excluding carboxylic acids is 3. The number of aromatic hydroxyl groups is 1. The number of phenols is 1. The number of alkyl halides is 2. The Bertz CT molecular complexity index is 1130. The van der Waals surface area contributed by atoms with Crippen LogP contribution in [0.25, 0.3) is 0 Å². The van der Waals surface area contributed by atoms with Gasteiger partial charge in [-0.25, -0.2) is 8.78 Å². The van der Waals surface area contributed by atoms with Crippen LogP contribution >= 0.6 is 0 Å². The van der Waals surface area contributed by atoms with E-state index in [0.29, 0.717) is 25.0 Å². The van der Waals surface area contributed by atoms with Crippen molar-refractivity contribution in [1.29, 1.82) is 0 Å². The van der Waals surface area contributed by atoms with E-state index >= 15 is 0 Å². The number of nitrogens with zero attached hydrogens (tertiary/aromatic N) is 1. The van der Waals surface area contributed by atoms with Crippen molar-refractivity contribution < 1.29 is 42.5 Å². The summed E-state index contributed by atoms with van der Waals surface area (Å²) in [4.78, 5) is 33.8. The summed E-state index contributed by atoms with van der Waals surface area (Å²) in [5.74, 6) is -2.43. The van der Waals surface area contributed by atoms with Gasteiger partial charge >= 0.3 is 0 Å². The van der Waals surface area contributed by atoms with Crippen LogP contribution in [0.4, 0.5) is 14.6 Å². The number of phenolic OH excluding ortho intramolecular Hbond substituents is 1. The maximum absolute atomic E-state index is 12.2. The number of ether oxygens (including phenoxy) is 3. The Kier molecular flexibility index (Phi) is 8.69. The number of aromatic nitrogens is 2. The van der Waals surface area contributed by atoms with Crippen LogP contribution in [0.1, 0.15) is 54.6 Å². The molecule has 0 aliphatic heterocycles. The number of carbonyl (C=O) groups is 3. The standard InChI is InChI=1S/C19H21N3O7.C5H9F2N/c1-27-13-5-16(25)14(8-23)17(6-13)28-9-19(26)20-18-7-15(21-22-18)11-2-3-12(4-11)29-10-24;1-4(8-2)3-5(4,6)7/h5-8,10-12,25H,2-4,9H2,1H3,(H2,20,21,22,26);8H,3H2,1-2H3. The van der Waals surface area contributed by atoms with Gasteiger partial charge in [-0.3, -0.25) is 19.5 Å². The fraction of sp³-hybridized carbons (Fsp3) is 0.500.